The van der Waals surface area contributed by atoms with Crippen molar-refractivity contribution in [2.45, 2.75) is 5.92 Å². The molecular weight excluding hydrogens is 250 g/mol. The molecule has 1 aromatic heterocycles. The molecule has 0 saturated heterocycles. The highest BCUT2D eigenvalue weighted by molar-refractivity contribution is 6.29. The van der Waals surface area contributed by atoms with E-state index >= 15 is 0 Å². The Morgan fingerprint density at radius 2 is 2.11 bits per heavy atom. The summed E-state index contributed by atoms with van der Waals surface area (Å²) in [6, 6.07) is 11.1. The van der Waals surface area contributed by atoms with Crippen LogP contribution in [0.2, 0.25) is 5.15 Å². The summed E-state index contributed by atoms with van der Waals surface area (Å²) < 4.78 is 5.25. The van der Waals surface area contributed by atoms with Gasteiger partial charge >= 0.3 is 0 Å². The zero-order valence-electron chi connectivity index (χ0n) is 9.67. The maximum absolute atomic E-state index is 9.33. The Kier molecular flexibility index (Phi) is 3.75. The van der Waals surface area contributed by atoms with Crippen molar-refractivity contribution in [3.63, 3.8) is 0 Å². The molecule has 0 unspecified atom stereocenters. The van der Waals surface area contributed by atoms with Crippen molar-refractivity contribution in [2.75, 3.05) is 7.11 Å². The number of halogens is 1. The first-order valence-electron chi connectivity index (χ1n) is 5.26. The Labute approximate surface area is 110 Å². The van der Waals surface area contributed by atoms with Crippen molar-refractivity contribution in [3.8, 4) is 11.8 Å². The standard InChI is InChI=1S/C13H10ClN3O/c1-18-12-5-3-2-4-9(12)10(7-15)11-6-13(14)17-8-16-11/h2-6,8,10H,1H3/t10-/m0/s1. The molecule has 4 nitrogen and oxygen atoms in total. The predicted octanol–water partition coefficient (Wildman–Crippen LogP) is 2.79. The van der Waals surface area contributed by atoms with Crippen molar-refractivity contribution in [2.24, 2.45) is 0 Å². The number of benzene rings is 1. The minimum absolute atomic E-state index is 0.315. The second kappa shape index (κ2) is 5.48. The normalized spacial score (nSPS) is 11.6. The van der Waals surface area contributed by atoms with Crippen LogP contribution in [-0.2, 0) is 0 Å². The average Bonchev–Trinajstić information content (AvgIpc) is 2.40. The highest BCUT2D eigenvalue weighted by Crippen LogP contribution is 2.30. The molecule has 0 radical (unpaired) electrons. The summed E-state index contributed by atoms with van der Waals surface area (Å²) >= 11 is 5.82. The maximum atomic E-state index is 9.33. The molecule has 2 rings (SSSR count). The monoisotopic (exact) mass is 259 g/mol. The molecule has 0 saturated carbocycles. The van der Waals surface area contributed by atoms with E-state index in [2.05, 4.69) is 16.0 Å². The van der Waals surface area contributed by atoms with Gasteiger partial charge in [0.05, 0.1) is 18.9 Å². The van der Waals surface area contributed by atoms with E-state index in [-0.39, 0.29) is 0 Å². The quantitative estimate of drug-likeness (QED) is 0.796. The SMILES string of the molecule is COc1ccccc1[C@H](C#N)c1cc(Cl)ncn1. The molecule has 0 aliphatic heterocycles. The first-order chi connectivity index (χ1) is 8.76. The Morgan fingerprint density at radius 3 is 2.78 bits per heavy atom. The molecule has 1 aromatic carbocycles. The van der Waals surface area contributed by atoms with E-state index in [1.807, 2.05) is 24.3 Å². The number of methoxy groups -OCH3 is 1. The molecular formula is C13H10ClN3O. The molecule has 0 aliphatic carbocycles. The summed E-state index contributed by atoms with van der Waals surface area (Å²) in [4.78, 5) is 7.90. The summed E-state index contributed by atoms with van der Waals surface area (Å²) in [7, 11) is 1.57. The summed E-state index contributed by atoms with van der Waals surface area (Å²) in [6.07, 6.45) is 1.34. The molecule has 0 fully saturated rings. The molecule has 0 aliphatic rings. The van der Waals surface area contributed by atoms with Crippen molar-refractivity contribution in [1.29, 1.82) is 5.26 Å². The molecule has 18 heavy (non-hydrogen) atoms. The van der Waals surface area contributed by atoms with Gasteiger partial charge in [0.25, 0.3) is 0 Å². The van der Waals surface area contributed by atoms with E-state index in [9.17, 15) is 5.26 Å². The van der Waals surface area contributed by atoms with Crippen LogP contribution in [0.5, 0.6) is 5.75 Å². The predicted molar refractivity (Wildman–Crippen MR) is 67.5 cm³/mol. The molecule has 1 heterocycles. The maximum Gasteiger partial charge on any atom is 0.132 e. The molecule has 0 bridgehead atoms. The largest absolute Gasteiger partial charge is 0.496 e. The zero-order valence-corrected chi connectivity index (χ0v) is 10.4. The van der Waals surface area contributed by atoms with Gasteiger partial charge in [-0.05, 0) is 12.1 Å². The number of para-hydroxylation sites is 1. The molecule has 5 heteroatoms. The van der Waals surface area contributed by atoms with Gasteiger partial charge in [-0.25, -0.2) is 9.97 Å². The van der Waals surface area contributed by atoms with E-state index < -0.39 is 5.92 Å². The first-order valence-corrected chi connectivity index (χ1v) is 5.64. The van der Waals surface area contributed by atoms with Crippen molar-refractivity contribution < 1.29 is 4.74 Å². The Morgan fingerprint density at radius 1 is 1.33 bits per heavy atom. The molecule has 0 N–H and O–H groups in total. The molecule has 90 valence electrons. The lowest BCUT2D eigenvalue weighted by molar-refractivity contribution is 0.409. The number of ether oxygens (including phenoxy) is 1. The smallest absolute Gasteiger partial charge is 0.132 e. The van der Waals surface area contributed by atoms with Gasteiger partial charge in [-0.3, -0.25) is 0 Å². The van der Waals surface area contributed by atoms with Crippen LogP contribution in [0.4, 0.5) is 0 Å². The summed E-state index contributed by atoms with van der Waals surface area (Å²) in [5.74, 6) is 0.125. The molecule has 0 spiro atoms. The fourth-order valence-electron chi connectivity index (χ4n) is 1.71. The van der Waals surface area contributed by atoms with Crippen LogP contribution in [0.1, 0.15) is 17.2 Å². The fraction of sp³-hybridized carbons (Fsp3) is 0.154. The highest BCUT2D eigenvalue weighted by atomic mass is 35.5. The average molecular weight is 260 g/mol. The van der Waals surface area contributed by atoms with Crippen LogP contribution in [0.3, 0.4) is 0 Å². The molecule has 2 aromatic rings. The van der Waals surface area contributed by atoms with E-state index in [0.717, 1.165) is 5.56 Å². The van der Waals surface area contributed by atoms with Gasteiger partial charge in [0.1, 0.15) is 23.1 Å². The highest BCUT2D eigenvalue weighted by Gasteiger charge is 2.19. The summed E-state index contributed by atoms with van der Waals surface area (Å²) in [5, 5.41) is 9.65. The van der Waals surface area contributed by atoms with E-state index in [1.165, 1.54) is 6.33 Å². The van der Waals surface area contributed by atoms with Gasteiger partial charge in [0.15, 0.2) is 0 Å². The number of hydrogen-bond donors (Lipinski definition) is 0. The van der Waals surface area contributed by atoms with Gasteiger partial charge in [-0.15, -0.1) is 0 Å². The van der Waals surface area contributed by atoms with E-state index in [1.54, 1.807) is 13.2 Å². The second-order valence-corrected chi connectivity index (χ2v) is 3.96. The van der Waals surface area contributed by atoms with Crippen LogP contribution < -0.4 is 4.74 Å². The lowest BCUT2D eigenvalue weighted by atomic mass is 9.96. The van der Waals surface area contributed by atoms with Crippen LogP contribution in [0.25, 0.3) is 0 Å². The number of hydrogen-bond acceptors (Lipinski definition) is 4. The summed E-state index contributed by atoms with van der Waals surface area (Å²) in [5.41, 5.74) is 1.32. The number of nitriles is 1. The fourth-order valence-corrected chi connectivity index (χ4v) is 1.86. The zero-order chi connectivity index (χ0) is 13.0. The van der Waals surface area contributed by atoms with E-state index in [4.69, 9.17) is 16.3 Å². The van der Waals surface area contributed by atoms with Crippen molar-refractivity contribution in [3.05, 3.63) is 53.1 Å². The van der Waals surface area contributed by atoms with Crippen LogP contribution in [0, 0.1) is 11.3 Å². The first kappa shape index (κ1) is 12.3. The number of nitrogens with zero attached hydrogens (tertiary/aromatic N) is 3. The minimum Gasteiger partial charge on any atom is -0.496 e. The minimum atomic E-state index is -0.526. The van der Waals surface area contributed by atoms with Gasteiger partial charge in [0, 0.05) is 5.56 Å². The van der Waals surface area contributed by atoms with Crippen LogP contribution >= 0.6 is 11.6 Å². The Balaban J connectivity index is 2.49. The molecule has 0 amide bonds. The number of aromatic nitrogens is 2. The Bertz CT molecular complexity index is 595. The lowest BCUT2D eigenvalue weighted by Gasteiger charge is -2.12. The van der Waals surface area contributed by atoms with E-state index in [0.29, 0.717) is 16.6 Å². The van der Waals surface area contributed by atoms with Crippen molar-refractivity contribution >= 4 is 11.6 Å². The summed E-state index contributed by atoms with van der Waals surface area (Å²) in [6.45, 7) is 0. The molecule has 1 atom stereocenters. The van der Waals surface area contributed by atoms with Gasteiger partial charge in [0.2, 0.25) is 0 Å². The topological polar surface area (TPSA) is 58.8 Å². The lowest BCUT2D eigenvalue weighted by Crippen LogP contribution is -2.03. The van der Waals surface area contributed by atoms with Crippen LogP contribution in [-0.4, -0.2) is 17.1 Å². The van der Waals surface area contributed by atoms with Crippen LogP contribution in [0.15, 0.2) is 36.7 Å². The second-order valence-electron chi connectivity index (χ2n) is 3.57. The third kappa shape index (κ3) is 2.41. The third-order valence-electron chi connectivity index (χ3n) is 2.53. The van der Waals surface area contributed by atoms with Gasteiger partial charge in [-0.1, -0.05) is 29.8 Å². The van der Waals surface area contributed by atoms with Crippen molar-refractivity contribution in [1.82, 2.24) is 9.97 Å². The number of rotatable bonds is 3. The Hall–Kier alpha value is -2.12. The third-order valence-corrected chi connectivity index (χ3v) is 2.74. The van der Waals surface area contributed by atoms with Gasteiger partial charge in [-0.2, -0.15) is 5.26 Å². The van der Waals surface area contributed by atoms with Gasteiger partial charge < -0.3 is 4.74 Å².